The van der Waals surface area contributed by atoms with E-state index < -0.39 is 17.5 Å². The Morgan fingerprint density at radius 2 is 1.65 bits per heavy atom. The Kier molecular flexibility index (Phi) is 3.65. The van der Waals surface area contributed by atoms with Gasteiger partial charge in [0, 0.05) is 34.8 Å². The molecule has 0 aliphatic rings. The fourth-order valence-corrected chi connectivity index (χ4v) is 1.73. The molecule has 2 aromatic rings. The van der Waals surface area contributed by atoms with E-state index in [1.165, 1.54) is 19.1 Å². The highest BCUT2D eigenvalue weighted by Gasteiger charge is 2.11. The van der Waals surface area contributed by atoms with Gasteiger partial charge in [-0.3, -0.25) is 4.79 Å². The van der Waals surface area contributed by atoms with Crippen LogP contribution in [0.4, 0.5) is 30.2 Å². The predicted octanol–water partition coefficient (Wildman–Crippen LogP) is 3.63. The molecule has 0 heterocycles. The van der Waals surface area contributed by atoms with Crippen molar-refractivity contribution in [1.82, 2.24) is 0 Å². The molecule has 2 aromatic carbocycles. The molecule has 0 bridgehead atoms. The largest absolute Gasteiger partial charge is 0.398 e. The normalized spacial score (nSPS) is 10.4. The molecule has 6 heteroatoms. The van der Waals surface area contributed by atoms with Crippen molar-refractivity contribution < 1.29 is 18.0 Å². The molecule has 0 fully saturated rings. The predicted molar refractivity (Wildman–Crippen MR) is 70.5 cm³/mol. The number of carbonyl (C=O) groups excluding carboxylic acids is 1. The van der Waals surface area contributed by atoms with Crippen LogP contribution in [0.5, 0.6) is 0 Å². The molecule has 0 aliphatic carbocycles. The number of benzene rings is 2. The summed E-state index contributed by atoms with van der Waals surface area (Å²) in [5.41, 5.74) is 6.67. The van der Waals surface area contributed by atoms with Crippen molar-refractivity contribution in [2.24, 2.45) is 0 Å². The van der Waals surface area contributed by atoms with Crippen molar-refractivity contribution in [2.75, 3.05) is 11.1 Å². The van der Waals surface area contributed by atoms with Gasteiger partial charge in [0.05, 0.1) is 0 Å². The van der Waals surface area contributed by atoms with Crippen molar-refractivity contribution in [3.8, 4) is 0 Å². The summed E-state index contributed by atoms with van der Waals surface area (Å²) in [5, 5.41) is 2.68. The van der Waals surface area contributed by atoms with Gasteiger partial charge in [0.15, 0.2) is 23.2 Å². The summed E-state index contributed by atoms with van der Waals surface area (Å²) < 4.78 is 39.0. The Morgan fingerprint density at radius 1 is 1.05 bits per heavy atom. The van der Waals surface area contributed by atoms with Crippen molar-refractivity contribution in [2.45, 2.75) is 6.92 Å². The number of halogens is 3. The van der Waals surface area contributed by atoms with E-state index in [0.717, 1.165) is 12.1 Å². The average molecular weight is 280 g/mol. The van der Waals surface area contributed by atoms with Gasteiger partial charge in [0.1, 0.15) is 0 Å². The molecule has 2 rings (SSSR count). The fourth-order valence-electron chi connectivity index (χ4n) is 1.73. The molecule has 0 aromatic heterocycles. The van der Waals surface area contributed by atoms with Crippen LogP contribution in [0.1, 0.15) is 17.3 Å². The van der Waals surface area contributed by atoms with E-state index >= 15 is 0 Å². The second kappa shape index (κ2) is 5.24. The summed E-state index contributed by atoms with van der Waals surface area (Å²) in [6, 6.07) is 6.14. The van der Waals surface area contributed by atoms with Gasteiger partial charge in [-0.15, -0.1) is 0 Å². The molecule has 0 radical (unpaired) electrons. The Morgan fingerprint density at radius 3 is 2.20 bits per heavy atom. The molecule has 0 atom stereocenters. The Hall–Kier alpha value is -2.50. The number of hydrogen-bond donors (Lipinski definition) is 2. The SMILES string of the molecule is CC(=O)c1cc(Nc2cc(F)c(F)c(F)c2)ccc1N. The van der Waals surface area contributed by atoms with E-state index in [9.17, 15) is 18.0 Å². The van der Waals surface area contributed by atoms with Crippen molar-refractivity contribution in [3.05, 3.63) is 53.3 Å². The molecule has 104 valence electrons. The summed E-state index contributed by atoms with van der Waals surface area (Å²) >= 11 is 0. The molecular weight excluding hydrogens is 269 g/mol. The molecule has 20 heavy (non-hydrogen) atoms. The van der Waals surface area contributed by atoms with Crippen LogP contribution in [0, 0.1) is 17.5 Å². The van der Waals surface area contributed by atoms with Gasteiger partial charge in [0.25, 0.3) is 0 Å². The van der Waals surface area contributed by atoms with Crippen molar-refractivity contribution in [3.63, 3.8) is 0 Å². The highest BCUT2D eigenvalue weighted by molar-refractivity contribution is 6.00. The first kappa shape index (κ1) is 13.9. The number of hydrogen-bond acceptors (Lipinski definition) is 3. The van der Waals surface area contributed by atoms with Crippen LogP contribution < -0.4 is 11.1 Å². The molecular formula is C14H11F3N2O. The highest BCUT2D eigenvalue weighted by Crippen LogP contribution is 2.24. The smallest absolute Gasteiger partial charge is 0.194 e. The van der Waals surface area contributed by atoms with Gasteiger partial charge in [0.2, 0.25) is 0 Å². The van der Waals surface area contributed by atoms with Crippen LogP contribution in [0.25, 0.3) is 0 Å². The van der Waals surface area contributed by atoms with Gasteiger partial charge in [-0.1, -0.05) is 0 Å². The molecule has 0 spiro atoms. The number of nitrogens with one attached hydrogen (secondary N) is 1. The zero-order valence-corrected chi connectivity index (χ0v) is 10.5. The van der Waals surface area contributed by atoms with Gasteiger partial charge in [-0.25, -0.2) is 13.2 Å². The van der Waals surface area contributed by atoms with Crippen LogP contribution in [-0.2, 0) is 0 Å². The quantitative estimate of drug-likeness (QED) is 0.513. The summed E-state index contributed by atoms with van der Waals surface area (Å²) in [6.07, 6.45) is 0. The Balaban J connectivity index is 2.35. The average Bonchev–Trinajstić information content (AvgIpc) is 2.38. The lowest BCUT2D eigenvalue weighted by Crippen LogP contribution is -2.02. The Labute approximate surface area is 113 Å². The van der Waals surface area contributed by atoms with Crippen molar-refractivity contribution in [1.29, 1.82) is 0 Å². The lowest BCUT2D eigenvalue weighted by atomic mass is 10.1. The fraction of sp³-hybridized carbons (Fsp3) is 0.0714. The number of Topliss-reactive ketones (excluding diaryl/α,β-unsaturated/α-hetero) is 1. The number of rotatable bonds is 3. The van der Waals surface area contributed by atoms with Crippen molar-refractivity contribution >= 4 is 22.8 Å². The first-order valence-electron chi connectivity index (χ1n) is 5.70. The molecule has 3 nitrogen and oxygen atoms in total. The second-order valence-electron chi connectivity index (χ2n) is 4.24. The molecule has 0 saturated carbocycles. The standard InChI is InChI=1S/C14H11F3N2O/c1-7(20)10-4-8(2-3-13(10)18)19-9-5-11(15)14(17)12(16)6-9/h2-6,19H,18H2,1H3. The Bertz CT molecular complexity index is 663. The minimum atomic E-state index is -1.53. The number of carbonyl (C=O) groups is 1. The van der Waals surface area contributed by atoms with E-state index in [0.29, 0.717) is 11.4 Å². The van der Waals surface area contributed by atoms with Gasteiger partial charge < -0.3 is 11.1 Å². The summed E-state index contributed by atoms with van der Waals surface area (Å²) in [7, 11) is 0. The lowest BCUT2D eigenvalue weighted by molar-refractivity contribution is 0.101. The van der Waals surface area contributed by atoms with E-state index in [-0.39, 0.29) is 17.0 Å². The third kappa shape index (κ3) is 2.74. The maximum Gasteiger partial charge on any atom is 0.194 e. The monoisotopic (exact) mass is 280 g/mol. The van der Waals surface area contributed by atoms with Crippen LogP contribution in [0.3, 0.4) is 0 Å². The first-order chi connectivity index (χ1) is 9.38. The van der Waals surface area contributed by atoms with E-state index in [1.54, 1.807) is 6.07 Å². The maximum absolute atomic E-state index is 13.1. The first-order valence-corrected chi connectivity index (χ1v) is 5.70. The molecule has 0 saturated heterocycles. The third-order valence-corrected chi connectivity index (χ3v) is 2.71. The topological polar surface area (TPSA) is 55.1 Å². The summed E-state index contributed by atoms with van der Waals surface area (Å²) in [4.78, 5) is 11.3. The zero-order chi connectivity index (χ0) is 14.9. The molecule has 0 amide bonds. The molecule has 0 aliphatic heterocycles. The summed E-state index contributed by atoms with van der Waals surface area (Å²) in [6.45, 7) is 1.35. The zero-order valence-electron chi connectivity index (χ0n) is 10.5. The molecule has 3 N–H and O–H groups in total. The lowest BCUT2D eigenvalue weighted by Gasteiger charge is -2.10. The van der Waals surface area contributed by atoms with E-state index in [4.69, 9.17) is 5.73 Å². The van der Waals surface area contributed by atoms with Crippen LogP contribution in [-0.4, -0.2) is 5.78 Å². The van der Waals surface area contributed by atoms with Gasteiger partial charge in [-0.2, -0.15) is 0 Å². The summed E-state index contributed by atoms with van der Waals surface area (Å²) in [5.74, 6) is -4.36. The highest BCUT2D eigenvalue weighted by atomic mass is 19.2. The number of nitrogen functional groups attached to an aromatic ring is 1. The number of anilines is 3. The minimum Gasteiger partial charge on any atom is -0.398 e. The third-order valence-electron chi connectivity index (χ3n) is 2.71. The number of nitrogens with two attached hydrogens (primary N) is 1. The van der Waals surface area contributed by atoms with Crippen LogP contribution in [0.15, 0.2) is 30.3 Å². The molecule has 0 unspecified atom stereocenters. The second-order valence-corrected chi connectivity index (χ2v) is 4.24. The van der Waals surface area contributed by atoms with Gasteiger partial charge >= 0.3 is 0 Å². The van der Waals surface area contributed by atoms with E-state index in [1.807, 2.05) is 0 Å². The number of ketones is 1. The minimum absolute atomic E-state index is 0.0284. The van der Waals surface area contributed by atoms with E-state index in [2.05, 4.69) is 5.32 Å². The van der Waals surface area contributed by atoms with Gasteiger partial charge in [-0.05, 0) is 25.1 Å². The maximum atomic E-state index is 13.1. The van der Waals surface area contributed by atoms with Crippen LogP contribution >= 0.6 is 0 Å². The van der Waals surface area contributed by atoms with Crippen LogP contribution in [0.2, 0.25) is 0 Å².